The van der Waals surface area contributed by atoms with Crippen LogP contribution in [0.5, 0.6) is 0 Å². The molecule has 1 aromatic carbocycles. The predicted octanol–water partition coefficient (Wildman–Crippen LogP) is 2.90. The van der Waals surface area contributed by atoms with Gasteiger partial charge in [-0.05, 0) is 44.6 Å². The number of aromatic nitrogens is 2. The molecule has 1 aliphatic heterocycles. The van der Waals surface area contributed by atoms with Gasteiger partial charge in [0.1, 0.15) is 17.0 Å². The Balaban J connectivity index is 1.33. The summed E-state index contributed by atoms with van der Waals surface area (Å²) in [5, 5.41) is 11.2. The number of carbonyl (C=O) groups is 1. The van der Waals surface area contributed by atoms with E-state index in [4.69, 9.17) is 4.42 Å². The van der Waals surface area contributed by atoms with Gasteiger partial charge in [-0.2, -0.15) is 5.10 Å². The minimum Gasteiger partial charge on any atom is -0.461 e. The Morgan fingerprint density at radius 2 is 2.28 bits per heavy atom. The van der Waals surface area contributed by atoms with Crippen molar-refractivity contribution in [2.45, 2.75) is 25.3 Å². The molecule has 25 heavy (non-hydrogen) atoms. The summed E-state index contributed by atoms with van der Waals surface area (Å²) in [5.74, 6) is 0.719. The second-order valence-electron chi connectivity index (χ2n) is 6.60. The zero-order chi connectivity index (χ0) is 17.2. The minimum atomic E-state index is -0.153. The van der Waals surface area contributed by atoms with Crippen molar-refractivity contribution in [3.8, 4) is 0 Å². The molecule has 0 radical (unpaired) electrons. The fraction of sp³-hybridized carbons (Fsp3) is 0.368. The first-order valence-corrected chi connectivity index (χ1v) is 8.72. The number of H-pyrrole nitrogens is 1. The number of furan rings is 1. The van der Waals surface area contributed by atoms with Crippen molar-refractivity contribution in [3.63, 3.8) is 0 Å². The molecule has 1 aliphatic rings. The summed E-state index contributed by atoms with van der Waals surface area (Å²) in [5.41, 5.74) is 2.34. The number of nitrogens with zero attached hydrogens (tertiary/aromatic N) is 2. The fourth-order valence-electron chi connectivity index (χ4n) is 3.48. The molecule has 0 bridgehead atoms. The number of hydrogen-bond donors (Lipinski definition) is 2. The normalized spacial score (nSPS) is 18.0. The number of amides is 1. The van der Waals surface area contributed by atoms with Gasteiger partial charge in [-0.15, -0.1) is 0 Å². The van der Waals surface area contributed by atoms with Crippen LogP contribution in [0.3, 0.4) is 0 Å². The second kappa shape index (κ2) is 6.72. The number of nitrogens with one attached hydrogen (secondary N) is 2. The Morgan fingerprint density at radius 1 is 1.40 bits per heavy atom. The van der Waals surface area contributed by atoms with E-state index in [1.807, 2.05) is 36.4 Å². The van der Waals surface area contributed by atoms with E-state index in [-0.39, 0.29) is 5.91 Å². The van der Waals surface area contributed by atoms with Crippen LogP contribution >= 0.6 is 0 Å². The number of aromatic amines is 1. The molecule has 4 rings (SSSR count). The largest absolute Gasteiger partial charge is 0.461 e. The van der Waals surface area contributed by atoms with Gasteiger partial charge in [0.2, 0.25) is 0 Å². The predicted molar refractivity (Wildman–Crippen MR) is 95.4 cm³/mol. The van der Waals surface area contributed by atoms with Gasteiger partial charge in [-0.3, -0.25) is 14.8 Å². The number of rotatable bonds is 5. The quantitative estimate of drug-likeness (QED) is 0.750. The van der Waals surface area contributed by atoms with Gasteiger partial charge in [-0.1, -0.05) is 18.2 Å². The first-order valence-electron chi connectivity index (χ1n) is 8.72. The van der Waals surface area contributed by atoms with Crippen LogP contribution in [-0.4, -0.2) is 41.1 Å². The van der Waals surface area contributed by atoms with E-state index < -0.39 is 0 Å². The molecule has 1 atom stereocenters. The lowest BCUT2D eigenvalue weighted by Gasteiger charge is -2.16. The van der Waals surface area contributed by atoms with Gasteiger partial charge in [0, 0.05) is 18.4 Å². The number of hydrogen-bond acceptors (Lipinski definition) is 4. The highest BCUT2D eigenvalue weighted by Crippen LogP contribution is 2.29. The van der Waals surface area contributed by atoms with Gasteiger partial charge in [0.15, 0.2) is 0 Å². The maximum Gasteiger partial charge on any atom is 0.271 e. The lowest BCUT2D eigenvalue weighted by molar-refractivity contribution is 0.0948. The molecule has 3 aromatic rings. The van der Waals surface area contributed by atoms with Crippen molar-refractivity contribution in [1.82, 2.24) is 20.4 Å². The third-order valence-electron chi connectivity index (χ3n) is 4.84. The van der Waals surface area contributed by atoms with Crippen molar-refractivity contribution in [1.29, 1.82) is 0 Å². The number of fused-ring (bicyclic) bond motifs is 1. The molecule has 1 fully saturated rings. The molecule has 2 N–H and O–H groups in total. The van der Waals surface area contributed by atoms with E-state index in [1.165, 1.54) is 6.42 Å². The molecule has 0 spiro atoms. The molecular formula is C19H22N4O2. The Labute approximate surface area is 146 Å². The first kappa shape index (κ1) is 15.9. The van der Waals surface area contributed by atoms with Crippen molar-refractivity contribution in [2.75, 3.05) is 20.1 Å². The van der Waals surface area contributed by atoms with Crippen molar-refractivity contribution >= 4 is 16.9 Å². The summed E-state index contributed by atoms with van der Waals surface area (Å²) in [7, 11) is 2.10. The number of likely N-dealkylation sites (tertiary alicyclic amines) is 1. The Kier molecular flexibility index (Phi) is 4.28. The molecule has 6 nitrogen and oxygen atoms in total. The smallest absolute Gasteiger partial charge is 0.271 e. The highest BCUT2D eigenvalue weighted by Gasteiger charge is 2.25. The van der Waals surface area contributed by atoms with Gasteiger partial charge >= 0.3 is 0 Å². The molecule has 1 saturated heterocycles. The van der Waals surface area contributed by atoms with Crippen molar-refractivity contribution in [3.05, 3.63) is 53.5 Å². The fourth-order valence-corrected chi connectivity index (χ4v) is 3.48. The Morgan fingerprint density at radius 3 is 3.08 bits per heavy atom. The van der Waals surface area contributed by atoms with E-state index in [0.29, 0.717) is 24.7 Å². The lowest BCUT2D eigenvalue weighted by atomic mass is 10.1. The average Bonchev–Trinajstić information content (AvgIpc) is 3.32. The van der Waals surface area contributed by atoms with Crippen LogP contribution in [0.25, 0.3) is 11.0 Å². The Hall–Kier alpha value is -2.60. The van der Waals surface area contributed by atoms with Crippen LogP contribution in [0.2, 0.25) is 0 Å². The van der Waals surface area contributed by atoms with Crippen molar-refractivity contribution < 1.29 is 9.21 Å². The van der Waals surface area contributed by atoms with E-state index in [0.717, 1.165) is 35.4 Å². The van der Waals surface area contributed by atoms with Crippen LogP contribution in [0.1, 0.15) is 40.8 Å². The van der Waals surface area contributed by atoms with E-state index in [2.05, 4.69) is 27.5 Å². The number of benzene rings is 1. The summed E-state index contributed by atoms with van der Waals surface area (Å²) in [6.07, 6.45) is 2.94. The SMILES string of the molecule is CN1CCCC1c1cc(C(=O)NCCc2cc3ccccc3o2)n[nH]1. The Bertz CT molecular complexity index is 849. The molecule has 2 aromatic heterocycles. The van der Waals surface area contributed by atoms with Crippen LogP contribution in [0.4, 0.5) is 0 Å². The molecule has 1 unspecified atom stereocenters. The molecule has 1 amide bonds. The van der Waals surface area contributed by atoms with Crippen LogP contribution in [0.15, 0.2) is 40.8 Å². The molecule has 0 aliphatic carbocycles. The molecule has 0 saturated carbocycles. The maximum atomic E-state index is 12.3. The summed E-state index contributed by atoms with van der Waals surface area (Å²) in [4.78, 5) is 14.6. The summed E-state index contributed by atoms with van der Waals surface area (Å²) >= 11 is 0. The third-order valence-corrected chi connectivity index (χ3v) is 4.84. The number of para-hydroxylation sites is 1. The van der Waals surface area contributed by atoms with Gasteiger partial charge in [0.25, 0.3) is 5.91 Å². The van der Waals surface area contributed by atoms with Gasteiger partial charge < -0.3 is 9.73 Å². The van der Waals surface area contributed by atoms with E-state index in [9.17, 15) is 4.79 Å². The molecule has 3 heterocycles. The molecule has 130 valence electrons. The maximum absolute atomic E-state index is 12.3. The van der Waals surface area contributed by atoms with Crippen LogP contribution in [0, 0.1) is 0 Å². The van der Waals surface area contributed by atoms with Gasteiger partial charge in [-0.25, -0.2) is 0 Å². The topological polar surface area (TPSA) is 74.2 Å². The van der Waals surface area contributed by atoms with Crippen LogP contribution in [-0.2, 0) is 6.42 Å². The monoisotopic (exact) mass is 338 g/mol. The minimum absolute atomic E-state index is 0.153. The third kappa shape index (κ3) is 3.30. The highest BCUT2D eigenvalue weighted by molar-refractivity contribution is 5.92. The summed E-state index contributed by atoms with van der Waals surface area (Å²) < 4.78 is 5.76. The lowest BCUT2D eigenvalue weighted by Crippen LogP contribution is -2.25. The van der Waals surface area contributed by atoms with E-state index >= 15 is 0 Å². The van der Waals surface area contributed by atoms with Crippen molar-refractivity contribution in [2.24, 2.45) is 0 Å². The summed E-state index contributed by atoms with van der Waals surface area (Å²) in [6.45, 7) is 1.60. The summed E-state index contributed by atoms with van der Waals surface area (Å²) in [6, 6.07) is 12.1. The zero-order valence-corrected chi connectivity index (χ0v) is 14.3. The molecular weight excluding hydrogens is 316 g/mol. The zero-order valence-electron chi connectivity index (χ0n) is 14.3. The standard InChI is InChI=1S/C19H22N4O2/c1-23-10-4-6-17(23)15-12-16(22-21-15)19(24)20-9-8-14-11-13-5-2-3-7-18(13)25-14/h2-3,5,7,11-12,17H,4,6,8-10H2,1H3,(H,20,24)(H,21,22). The van der Waals surface area contributed by atoms with Crippen LogP contribution < -0.4 is 5.32 Å². The number of carbonyl (C=O) groups excluding carboxylic acids is 1. The average molecular weight is 338 g/mol. The van der Waals surface area contributed by atoms with Gasteiger partial charge in [0.05, 0.1) is 11.7 Å². The van der Waals surface area contributed by atoms with E-state index in [1.54, 1.807) is 0 Å². The second-order valence-corrected chi connectivity index (χ2v) is 6.60. The first-order chi connectivity index (χ1) is 12.2. The highest BCUT2D eigenvalue weighted by atomic mass is 16.3. The molecule has 6 heteroatoms.